The van der Waals surface area contributed by atoms with Gasteiger partial charge in [-0.1, -0.05) is 97.5 Å². The maximum atomic E-state index is 13.3. The number of hydrogen-bond donors (Lipinski definition) is 0. The van der Waals surface area contributed by atoms with E-state index in [4.69, 9.17) is 5.10 Å². The fourth-order valence-electron chi connectivity index (χ4n) is 5.19. The Bertz CT molecular complexity index is 893. The van der Waals surface area contributed by atoms with E-state index in [0.29, 0.717) is 0 Å². The molecule has 0 fully saturated rings. The summed E-state index contributed by atoms with van der Waals surface area (Å²) >= 11 is 0. The Morgan fingerprint density at radius 1 is 0.816 bits per heavy atom. The van der Waals surface area contributed by atoms with Gasteiger partial charge in [0.1, 0.15) is 0 Å². The van der Waals surface area contributed by atoms with Crippen molar-refractivity contribution in [1.82, 2.24) is 5.01 Å². The van der Waals surface area contributed by atoms with E-state index in [1.54, 1.807) is 5.01 Å². The van der Waals surface area contributed by atoms with E-state index in [1.165, 1.54) is 88.3 Å². The number of hydrazone groups is 1. The standard InChI is InChI=1S/C34H57N3O/c1-8-11-13-15-17-19-24-36(25-20-18-16-14-12-9-2)30-23-22-29(28(4)26-30)27-31-32(21-10-3)35-37(33(31)38)34(5,6)7/h22-23,26-27H,8-21,24-25H2,1-7H3/b31-27-. The number of carbonyl (C=O) groups excluding carboxylic acids is 1. The lowest BCUT2D eigenvalue weighted by Gasteiger charge is -2.27. The summed E-state index contributed by atoms with van der Waals surface area (Å²) in [6.45, 7) is 17.3. The highest BCUT2D eigenvalue weighted by molar-refractivity contribution is 6.27. The number of carbonyl (C=O) groups is 1. The van der Waals surface area contributed by atoms with Gasteiger partial charge in [0.05, 0.1) is 16.8 Å². The molecule has 1 aromatic rings. The first-order valence-electron chi connectivity index (χ1n) is 15.7. The number of amides is 1. The van der Waals surface area contributed by atoms with Crippen molar-refractivity contribution in [2.75, 3.05) is 18.0 Å². The van der Waals surface area contributed by atoms with Crippen LogP contribution in [0.15, 0.2) is 28.9 Å². The minimum atomic E-state index is -0.321. The molecule has 214 valence electrons. The highest BCUT2D eigenvalue weighted by Gasteiger charge is 2.36. The molecule has 4 heteroatoms. The first-order chi connectivity index (χ1) is 18.2. The predicted molar refractivity (Wildman–Crippen MR) is 167 cm³/mol. The molecule has 0 unspecified atom stereocenters. The van der Waals surface area contributed by atoms with E-state index in [9.17, 15) is 4.79 Å². The van der Waals surface area contributed by atoms with E-state index in [-0.39, 0.29) is 11.4 Å². The Labute approximate surface area is 235 Å². The van der Waals surface area contributed by atoms with Crippen LogP contribution >= 0.6 is 0 Å². The second-order valence-electron chi connectivity index (χ2n) is 12.2. The smallest absolute Gasteiger partial charge is 0.276 e. The van der Waals surface area contributed by atoms with Crippen molar-refractivity contribution < 1.29 is 4.79 Å². The van der Waals surface area contributed by atoms with Crippen molar-refractivity contribution >= 4 is 23.4 Å². The summed E-state index contributed by atoms with van der Waals surface area (Å²) in [5.74, 6) is 0.0252. The molecule has 1 amide bonds. The average molecular weight is 524 g/mol. The maximum absolute atomic E-state index is 13.3. The predicted octanol–water partition coefficient (Wildman–Crippen LogP) is 9.70. The molecule has 1 aliphatic rings. The van der Waals surface area contributed by atoms with Crippen molar-refractivity contribution in [2.24, 2.45) is 5.10 Å². The van der Waals surface area contributed by atoms with Gasteiger partial charge in [0.25, 0.3) is 5.91 Å². The summed E-state index contributed by atoms with van der Waals surface area (Å²) in [6.07, 6.45) is 19.8. The molecule has 0 spiro atoms. The maximum Gasteiger partial charge on any atom is 0.276 e. The van der Waals surface area contributed by atoms with Crippen LogP contribution in [0.25, 0.3) is 6.08 Å². The number of anilines is 1. The molecule has 1 heterocycles. The third-order valence-electron chi connectivity index (χ3n) is 7.56. The van der Waals surface area contributed by atoms with E-state index in [1.807, 2.05) is 20.8 Å². The van der Waals surface area contributed by atoms with Gasteiger partial charge in [0.2, 0.25) is 0 Å². The van der Waals surface area contributed by atoms with Crippen LogP contribution in [0.4, 0.5) is 5.69 Å². The Morgan fingerprint density at radius 3 is 1.87 bits per heavy atom. The van der Waals surface area contributed by atoms with Crippen LogP contribution in [0.1, 0.15) is 143 Å². The first-order valence-corrected chi connectivity index (χ1v) is 15.7. The molecular formula is C34H57N3O. The minimum Gasteiger partial charge on any atom is -0.372 e. The average Bonchev–Trinajstić information content (AvgIpc) is 3.18. The molecule has 38 heavy (non-hydrogen) atoms. The number of rotatable bonds is 18. The Morgan fingerprint density at radius 2 is 1.37 bits per heavy atom. The van der Waals surface area contributed by atoms with Gasteiger partial charge < -0.3 is 4.90 Å². The van der Waals surface area contributed by atoms with E-state index >= 15 is 0 Å². The van der Waals surface area contributed by atoms with Gasteiger partial charge >= 0.3 is 0 Å². The molecule has 0 atom stereocenters. The number of hydrogen-bond acceptors (Lipinski definition) is 3. The van der Waals surface area contributed by atoms with Gasteiger partial charge in [-0.2, -0.15) is 5.10 Å². The largest absolute Gasteiger partial charge is 0.372 e. The van der Waals surface area contributed by atoms with Crippen molar-refractivity contribution in [2.45, 2.75) is 144 Å². The van der Waals surface area contributed by atoms with Crippen molar-refractivity contribution in [1.29, 1.82) is 0 Å². The molecule has 1 aliphatic heterocycles. The molecule has 0 aromatic heterocycles. The number of unbranched alkanes of at least 4 members (excludes halogenated alkanes) is 10. The molecule has 0 saturated carbocycles. The molecule has 1 aromatic carbocycles. The number of nitrogens with zero attached hydrogens (tertiary/aromatic N) is 3. The van der Waals surface area contributed by atoms with Crippen LogP contribution in [0.2, 0.25) is 0 Å². The quantitative estimate of drug-likeness (QED) is 0.142. The molecule has 0 aliphatic carbocycles. The highest BCUT2D eigenvalue weighted by Crippen LogP contribution is 2.29. The molecule has 4 nitrogen and oxygen atoms in total. The van der Waals surface area contributed by atoms with E-state index in [2.05, 4.69) is 56.9 Å². The monoisotopic (exact) mass is 523 g/mol. The zero-order chi connectivity index (χ0) is 28.0. The van der Waals surface area contributed by atoms with E-state index < -0.39 is 0 Å². The van der Waals surface area contributed by atoms with Crippen LogP contribution < -0.4 is 4.90 Å². The molecule has 0 N–H and O–H groups in total. The van der Waals surface area contributed by atoms with Gasteiger partial charge in [-0.15, -0.1) is 0 Å². The fraction of sp³-hybridized carbons (Fsp3) is 0.706. The van der Waals surface area contributed by atoms with Crippen molar-refractivity contribution in [3.05, 3.63) is 34.9 Å². The number of aryl methyl sites for hydroxylation is 1. The zero-order valence-electron chi connectivity index (χ0n) is 25.9. The normalized spacial score (nSPS) is 15.0. The van der Waals surface area contributed by atoms with Crippen LogP contribution in [0.3, 0.4) is 0 Å². The summed E-state index contributed by atoms with van der Waals surface area (Å²) < 4.78 is 0. The molecule has 0 bridgehead atoms. The fourth-order valence-corrected chi connectivity index (χ4v) is 5.19. The summed E-state index contributed by atoms with van der Waals surface area (Å²) in [6, 6.07) is 6.81. The second kappa shape index (κ2) is 16.8. The molecule has 0 radical (unpaired) electrons. The third kappa shape index (κ3) is 10.2. The Hall–Kier alpha value is -2.10. The lowest BCUT2D eigenvalue weighted by atomic mass is 9.99. The SMILES string of the molecule is CCCCCCCCN(CCCCCCCC)c1ccc(/C=C2\C(=O)N(C(C)(C)C)N=C2CCC)c(C)c1. The zero-order valence-corrected chi connectivity index (χ0v) is 25.9. The Balaban J connectivity index is 2.16. The van der Waals surface area contributed by atoms with Gasteiger partial charge in [0, 0.05) is 18.8 Å². The van der Waals surface area contributed by atoms with Crippen molar-refractivity contribution in [3.8, 4) is 0 Å². The summed E-state index contributed by atoms with van der Waals surface area (Å²) in [4.78, 5) is 15.9. The van der Waals surface area contributed by atoms with Gasteiger partial charge in [0.15, 0.2) is 0 Å². The van der Waals surface area contributed by atoms with Crippen LogP contribution in [-0.2, 0) is 4.79 Å². The third-order valence-corrected chi connectivity index (χ3v) is 7.56. The highest BCUT2D eigenvalue weighted by atomic mass is 16.2. The minimum absolute atomic E-state index is 0.0252. The van der Waals surface area contributed by atoms with Crippen LogP contribution in [0, 0.1) is 6.92 Å². The lowest BCUT2D eigenvalue weighted by molar-refractivity contribution is -0.129. The summed E-state index contributed by atoms with van der Waals surface area (Å²) in [5.41, 5.74) is 5.03. The molecular weight excluding hydrogens is 466 g/mol. The van der Waals surface area contributed by atoms with Crippen LogP contribution in [0.5, 0.6) is 0 Å². The Kier molecular flexibility index (Phi) is 14.2. The molecule has 0 saturated heterocycles. The van der Waals surface area contributed by atoms with Crippen LogP contribution in [-0.4, -0.2) is 35.3 Å². The lowest BCUT2D eigenvalue weighted by Crippen LogP contribution is -2.39. The molecule has 2 rings (SSSR count). The van der Waals surface area contributed by atoms with E-state index in [0.717, 1.165) is 42.8 Å². The van der Waals surface area contributed by atoms with Gasteiger partial charge in [-0.25, -0.2) is 5.01 Å². The summed E-state index contributed by atoms with van der Waals surface area (Å²) in [5, 5.41) is 6.39. The number of benzene rings is 1. The van der Waals surface area contributed by atoms with Gasteiger partial charge in [-0.05, 0) is 76.3 Å². The van der Waals surface area contributed by atoms with Gasteiger partial charge in [-0.3, -0.25) is 4.79 Å². The topological polar surface area (TPSA) is 35.9 Å². The second-order valence-corrected chi connectivity index (χ2v) is 12.2. The first kappa shape index (κ1) is 32.1. The summed E-state index contributed by atoms with van der Waals surface area (Å²) in [7, 11) is 0. The van der Waals surface area contributed by atoms with Crippen molar-refractivity contribution in [3.63, 3.8) is 0 Å².